The van der Waals surface area contributed by atoms with E-state index in [1.165, 1.54) is 0 Å². The Kier molecular flexibility index (Phi) is 7.02. The van der Waals surface area contributed by atoms with Crippen molar-refractivity contribution in [3.63, 3.8) is 0 Å². The number of urea groups is 1. The molecule has 210 valence electrons. The van der Waals surface area contributed by atoms with Crippen LogP contribution in [0.25, 0.3) is 10.9 Å². The number of aromatic hydroxyl groups is 1. The molecular formula is C30H31N7O4. The highest BCUT2D eigenvalue weighted by Crippen LogP contribution is 2.30. The third-order valence-electron chi connectivity index (χ3n) is 7.72. The van der Waals surface area contributed by atoms with Crippen LogP contribution in [0.2, 0.25) is 0 Å². The number of hydrogen-bond acceptors (Lipinski definition) is 6. The highest BCUT2D eigenvalue weighted by atomic mass is 16.3. The van der Waals surface area contributed by atoms with E-state index in [2.05, 4.69) is 15.5 Å². The first kappa shape index (κ1) is 26.3. The molecule has 0 radical (unpaired) electrons. The minimum Gasteiger partial charge on any atom is -0.508 e. The molecule has 11 heteroatoms. The summed E-state index contributed by atoms with van der Waals surface area (Å²) >= 11 is 0. The van der Waals surface area contributed by atoms with Gasteiger partial charge in [-0.05, 0) is 28.8 Å². The van der Waals surface area contributed by atoms with Crippen molar-refractivity contribution < 1.29 is 19.5 Å². The van der Waals surface area contributed by atoms with E-state index in [9.17, 15) is 19.5 Å². The number of amides is 4. The maximum atomic E-state index is 14.1. The van der Waals surface area contributed by atoms with Crippen LogP contribution in [0.3, 0.4) is 0 Å². The van der Waals surface area contributed by atoms with E-state index in [0.717, 1.165) is 27.6 Å². The van der Waals surface area contributed by atoms with Gasteiger partial charge in [0.05, 0.1) is 24.8 Å². The van der Waals surface area contributed by atoms with E-state index in [4.69, 9.17) is 0 Å². The van der Waals surface area contributed by atoms with Gasteiger partial charge >= 0.3 is 6.03 Å². The minimum absolute atomic E-state index is 0.0396. The summed E-state index contributed by atoms with van der Waals surface area (Å²) in [6.45, 7) is 0.713. The Morgan fingerprint density at radius 1 is 1.02 bits per heavy atom. The molecule has 2 saturated heterocycles. The Bertz CT molecular complexity index is 1570. The van der Waals surface area contributed by atoms with Crippen LogP contribution in [0, 0.1) is 0 Å². The number of phenols is 1. The number of H-pyrrole nitrogens is 1. The second kappa shape index (κ2) is 10.9. The van der Waals surface area contributed by atoms with Gasteiger partial charge in [0.1, 0.15) is 18.0 Å². The van der Waals surface area contributed by atoms with Crippen molar-refractivity contribution in [3.05, 3.63) is 95.7 Å². The van der Waals surface area contributed by atoms with E-state index < -0.39 is 12.2 Å². The summed E-state index contributed by atoms with van der Waals surface area (Å²) in [5.74, 6) is -0.307. The van der Waals surface area contributed by atoms with Crippen molar-refractivity contribution in [3.8, 4) is 5.75 Å². The highest BCUT2D eigenvalue weighted by Gasteiger charge is 2.50. The van der Waals surface area contributed by atoms with Crippen LogP contribution >= 0.6 is 0 Å². The number of benzene rings is 3. The number of rotatable bonds is 6. The van der Waals surface area contributed by atoms with E-state index in [0.29, 0.717) is 6.54 Å². The molecule has 1 aromatic heterocycles. The van der Waals surface area contributed by atoms with E-state index in [1.807, 2.05) is 48.5 Å². The molecule has 0 saturated carbocycles. The fourth-order valence-electron chi connectivity index (χ4n) is 5.72. The van der Waals surface area contributed by atoms with Gasteiger partial charge in [-0.3, -0.25) is 14.7 Å². The first-order valence-electron chi connectivity index (χ1n) is 13.5. The zero-order valence-corrected chi connectivity index (χ0v) is 22.6. The predicted molar refractivity (Wildman–Crippen MR) is 151 cm³/mol. The fourth-order valence-corrected chi connectivity index (χ4v) is 5.72. The van der Waals surface area contributed by atoms with Gasteiger partial charge in [0.25, 0.3) is 0 Å². The Hall–Kier alpha value is -4.90. The van der Waals surface area contributed by atoms with Crippen molar-refractivity contribution in [1.29, 1.82) is 0 Å². The maximum Gasteiger partial charge on any atom is 0.334 e. The number of aromatic amines is 1. The van der Waals surface area contributed by atoms with Gasteiger partial charge in [-0.15, -0.1) is 0 Å². The molecule has 0 unspecified atom stereocenters. The molecule has 2 aliphatic heterocycles. The molecule has 2 atom stereocenters. The minimum atomic E-state index is -0.829. The average Bonchev–Trinajstić information content (AvgIpc) is 3.46. The summed E-state index contributed by atoms with van der Waals surface area (Å²) in [7, 11) is 1.71. The molecule has 3 heterocycles. The van der Waals surface area contributed by atoms with Gasteiger partial charge in [0.15, 0.2) is 0 Å². The lowest BCUT2D eigenvalue weighted by Crippen LogP contribution is -2.76. The molecular weight excluding hydrogens is 522 g/mol. The number of carbonyl (C=O) groups excluding carboxylic acids is 3. The van der Waals surface area contributed by atoms with Gasteiger partial charge in [-0.1, -0.05) is 60.7 Å². The average molecular weight is 554 g/mol. The molecule has 2 fully saturated rings. The molecule has 4 amide bonds. The molecule has 0 bridgehead atoms. The first-order chi connectivity index (χ1) is 19.9. The van der Waals surface area contributed by atoms with Crippen molar-refractivity contribution in [1.82, 2.24) is 35.3 Å². The molecule has 4 aromatic rings. The van der Waals surface area contributed by atoms with Gasteiger partial charge < -0.3 is 20.2 Å². The van der Waals surface area contributed by atoms with Crippen molar-refractivity contribution in [2.75, 3.05) is 20.1 Å². The Labute approximate surface area is 236 Å². The van der Waals surface area contributed by atoms with Crippen LogP contribution in [-0.2, 0) is 29.1 Å². The number of phenolic OH excluding ortho intramolecular Hbond substituents is 1. The number of carbonyl (C=O) groups is 3. The van der Waals surface area contributed by atoms with Crippen LogP contribution in [0.15, 0.2) is 79.0 Å². The van der Waals surface area contributed by atoms with Gasteiger partial charge in [0.2, 0.25) is 11.8 Å². The topological polar surface area (TPSA) is 125 Å². The second-order valence-corrected chi connectivity index (χ2v) is 10.4. The highest BCUT2D eigenvalue weighted by molar-refractivity contribution is 5.92. The molecule has 11 nitrogen and oxygen atoms in total. The van der Waals surface area contributed by atoms with Crippen LogP contribution in [0.1, 0.15) is 16.7 Å². The SMILES string of the molecule is CN1CC(=O)N2[C@@H](Cc3ccc(O)cc3)C(=O)N(Cc3cccc4cn[nH]c34)C[C@@H]2N1C(=O)NCc1ccccc1. The predicted octanol–water partition coefficient (Wildman–Crippen LogP) is 2.45. The molecule has 41 heavy (non-hydrogen) atoms. The quantitative estimate of drug-likeness (QED) is 0.337. The number of nitrogens with zero attached hydrogens (tertiary/aromatic N) is 5. The lowest BCUT2D eigenvalue weighted by Gasteiger charge is -2.54. The number of hydrogen-bond donors (Lipinski definition) is 3. The van der Waals surface area contributed by atoms with E-state index in [1.54, 1.807) is 57.3 Å². The number of hydrazine groups is 1. The van der Waals surface area contributed by atoms with Gasteiger partial charge in [-0.2, -0.15) is 5.10 Å². The standard InChI is InChI=1S/C30H31N7O4/c1-34-19-27(39)36-25(14-20-10-12-24(38)13-11-20)29(40)35(17-23-9-5-8-22-16-32-33-28(22)23)18-26(36)37(34)30(41)31-15-21-6-3-2-4-7-21/h2-13,16,25-26,38H,14-15,17-19H2,1H3,(H,31,41)(H,32,33)/t25-,26-/m0/s1. The zero-order valence-electron chi connectivity index (χ0n) is 22.6. The lowest BCUT2D eigenvalue weighted by atomic mass is 9.98. The summed E-state index contributed by atoms with van der Waals surface area (Å²) in [5, 5.41) is 24.0. The first-order valence-corrected chi connectivity index (χ1v) is 13.5. The molecule has 0 spiro atoms. The molecule has 3 N–H and O–H groups in total. The fraction of sp³-hybridized carbons (Fsp3) is 0.267. The Morgan fingerprint density at radius 3 is 2.59 bits per heavy atom. The number of aromatic nitrogens is 2. The molecule has 6 rings (SSSR count). The van der Waals surface area contributed by atoms with E-state index >= 15 is 0 Å². The number of para-hydroxylation sites is 1. The van der Waals surface area contributed by atoms with Crippen LogP contribution < -0.4 is 5.32 Å². The summed E-state index contributed by atoms with van der Waals surface area (Å²) in [6.07, 6.45) is 1.27. The zero-order chi connectivity index (χ0) is 28.5. The normalized spacial score (nSPS) is 19.5. The Balaban J connectivity index is 1.33. The number of likely N-dealkylation sites (N-methyl/N-ethyl adjacent to an activating group) is 1. The summed E-state index contributed by atoms with van der Waals surface area (Å²) in [6, 6.07) is 20.8. The monoisotopic (exact) mass is 553 g/mol. The third-order valence-corrected chi connectivity index (χ3v) is 7.72. The van der Waals surface area contributed by atoms with Crippen molar-refractivity contribution in [2.24, 2.45) is 0 Å². The second-order valence-electron chi connectivity index (χ2n) is 10.4. The summed E-state index contributed by atoms with van der Waals surface area (Å²) < 4.78 is 0. The van der Waals surface area contributed by atoms with Gasteiger partial charge in [-0.25, -0.2) is 14.8 Å². The van der Waals surface area contributed by atoms with Crippen molar-refractivity contribution in [2.45, 2.75) is 31.7 Å². The van der Waals surface area contributed by atoms with Gasteiger partial charge in [0, 0.05) is 31.9 Å². The smallest absolute Gasteiger partial charge is 0.334 e. The number of fused-ring (bicyclic) bond motifs is 2. The molecule has 0 aliphatic carbocycles. The lowest BCUT2D eigenvalue weighted by molar-refractivity contribution is -0.187. The Morgan fingerprint density at radius 2 is 1.80 bits per heavy atom. The summed E-state index contributed by atoms with van der Waals surface area (Å²) in [4.78, 5) is 44.5. The molecule has 2 aliphatic rings. The number of piperazine rings is 1. The number of nitrogens with one attached hydrogen (secondary N) is 2. The van der Waals surface area contributed by atoms with E-state index in [-0.39, 0.29) is 49.7 Å². The molecule has 3 aromatic carbocycles. The third kappa shape index (κ3) is 5.19. The maximum absolute atomic E-state index is 14.1. The van der Waals surface area contributed by atoms with Crippen LogP contribution in [-0.4, -0.2) is 85.3 Å². The van der Waals surface area contributed by atoms with Crippen molar-refractivity contribution >= 4 is 28.7 Å². The van der Waals surface area contributed by atoms with Crippen LogP contribution in [0.4, 0.5) is 4.79 Å². The summed E-state index contributed by atoms with van der Waals surface area (Å²) in [5.41, 5.74) is 3.48. The van der Waals surface area contributed by atoms with Crippen LogP contribution in [0.5, 0.6) is 5.75 Å². The largest absolute Gasteiger partial charge is 0.508 e.